The zero-order valence-corrected chi connectivity index (χ0v) is 10.7. The fourth-order valence-electron chi connectivity index (χ4n) is 1.39. The van der Waals surface area contributed by atoms with Gasteiger partial charge in [-0.05, 0) is 12.1 Å². The molecule has 0 unspecified atom stereocenters. The minimum atomic E-state index is -1.30. The van der Waals surface area contributed by atoms with Crippen molar-refractivity contribution in [3.63, 3.8) is 0 Å². The second-order valence-electron chi connectivity index (χ2n) is 3.42. The molecule has 0 spiro atoms. The molecule has 1 aromatic carbocycles. The number of anilines is 1. The minimum Gasteiger partial charge on any atom is -0.478 e. The highest BCUT2D eigenvalue weighted by atomic mass is 35.5. The Bertz CT molecular complexity index is 640. The van der Waals surface area contributed by atoms with Crippen molar-refractivity contribution in [2.45, 2.75) is 0 Å². The lowest BCUT2D eigenvalue weighted by Crippen LogP contribution is -2.16. The van der Waals surface area contributed by atoms with E-state index in [2.05, 4.69) is 15.0 Å². The highest BCUT2D eigenvalue weighted by molar-refractivity contribution is 6.38. The van der Waals surface area contributed by atoms with Gasteiger partial charge in [0.25, 0.3) is 5.91 Å². The zero-order valence-electron chi connectivity index (χ0n) is 9.18. The third kappa shape index (κ3) is 2.69. The van der Waals surface area contributed by atoms with Crippen LogP contribution in [0.25, 0.3) is 0 Å². The van der Waals surface area contributed by atoms with Crippen molar-refractivity contribution in [1.29, 1.82) is 0 Å². The van der Waals surface area contributed by atoms with Gasteiger partial charge in [0.1, 0.15) is 11.8 Å². The smallest absolute Gasteiger partial charge is 0.339 e. The van der Waals surface area contributed by atoms with Gasteiger partial charge in [0.15, 0.2) is 5.69 Å². The van der Waals surface area contributed by atoms with Gasteiger partial charge < -0.3 is 14.9 Å². The fourth-order valence-corrected chi connectivity index (χ4v) is 1.83. The molecule has 98 valence electrons. The van der Waals surface area contributed by atoms with E-state index in [1.807, 2.05) is 0 Å². The number of benzene rings is 1. The summed E-state index contributed by atoms with van der Waals surface area (Å²) in [5, 5.41) is 14.9. The second-order valence-corrected chi connectivity index (χ2v) is 4.24. The summed E-state index contributed by atoms with van der Waals surface area (Å²) in [5.41, 5.74) is -0.381. The molecule has 6 nitrogen and oxygen atoms in total. The first-order valence-electron chi connectivity index (χ1n) is 4.93. The number of nitrogens with one attached hydrogen (secondary N) is 1. The van der Waals surface area contributed by atoms with Gasteiger partial charge in [-0.2, -0.15) is 0 Å². The zero-order chi connectivity index (χ0) is 14.0. The molecule has 19 heavy (non-hydrogen) atoms. The van der Waals surface area contributed by atoms with Crippen LogP contribution in [-0.2, 0) is 0 Å². The standard InChI is InChI=1S/C11H6Cl2N2O4/c12-5-1-2-6(13)9(8(5)11(17)18)14-10(16)7-3-4-19-15-7/h1-4H,(H,14,16)(H,17,18). The molecule has 0 aliphatic rings. The number of carboxylic acids is 1. The molecule has 0 aliphatic heterocycles. The average Bonchev–Trinajstić information content (AvgIpc) is 2.87. The highest BCUT2D eigenvalue weighted by Gasteiger charge is 2.20. The van der Waals surface area contributed by atoms with E-state index in [4.69, 9.17) is 28.3 Å². The number of hydrogen-bond donors (Lipinski definition) is 2. The lowest BCUT2D eigenvalue weighted by Gasteiger charge is -2.10. The van der Waals surface area contributed by atoms with E-state index in [9.17, 15) is 9.59 Å². The van der Waals surface area contributed by atoms with Crippen LogP contribution in [0.5, 0.6) is 0 Å². The third-order valence-corrected chi connectivity index (χ3v) is 2.86. The molecule has 2 N–H and O–H groups in total. The van der Waals surface area contributed by atoms with Gasteiger partial charge in [-0.3, -0.25) is 4.79 Å². The van der Waals surface area contributed by atoms with Crippen LogP contribution in [0.4, 0.5) is 5.69 Å². The molecule has 0 saturated carbocycles. The molecule has 1 aromatic heterocycles. The molecule has 1 amide bonds. The van der Waals surface area contributed by atoms with Gasteiger partial charge in [-0.15, -0.1) is 0 Å². The Morgan fingerprint density at radius 1 is 1.21 bits per heavy atom. The Hall–Kier alpha value is -2.05. The van der Waals surface area contributed by atoms with Crippen LogP contribution in [0, 0.1) is 0 Å². The maximum atomic E-state index is 11.8. The van der Waals surface area contributed by atoms with Crippen molar-refractivity contribution in [2.75, 3.05) is 5.32 Å². The van der Waals surface area contributed by atoms with Crippen LogP contribution in [-0.4, -0.2) is 22.1 Å². The number of aromatic nitrogens is 1. The third-order valence-electron chi connectivity index (χ3n) is 2.23. The first-order chi connectivity index (χ1) is 9.00. The topological polar surface area (TPSA) is 92.4 Å². The average molecular weight is 301 g/mol. The van der Waals surface area contributed by atoms with Crippen molar-refractivity contribution >= 4 is 40.8 Å². The number of hydrogen-bond acceptors (Lipinski definition) is 4. The van der Waals surface area contributed by atoms with Crippen molar-refractivity contribution in [1.82, 2.24) is 5.16 Å². The molecule has 0 radical (unpaired) electrons. The summed E-state index contributed by atoms with van der Waals surface area (Å²) < 4.78 is 4.52. The van der Waals surface area contributed by atoms with E-state index in [0.29, 0.717) is 0 Å². The number of halogens is 2. The number of nitrogens with zero attached hydrogens (tertiary/aromatic N) is 1. The lowest BCUT2D eigenvalue weighted by molar-refractivity contribution is 0.0698. The van der Waals surface area contributed by atoms with Gasteiger partial charge in [-0.25, -0.2) is 4.79 Å². The molecule has 8 heteroatoms. The molecule has 0 atom stereocenters. The summed E-state index contributed by atoms with van der Waals surface area (Å²) in [6.45, 7) is 0. The number of carboxylic acid groups (broad SMARTS) is 1. The van der Waals surface area contributed by atoms with Crippen LogP contribution in [0.1, 0.15) is 20.8 Å². The molecule has 2 rings (SSSR count). The quantitative estimate of drug-likeness (QED) is 0.909. The second kappa shape index (κ2) is 5.29. The molecule has 0 saturated heterocycles. The first kappa shape index (κ1) is 13.4. The Kier molecular flexibility index (Phi) is 3.73. The van der Waals surface area contributed by atoms with E-state index < -0.39 is 11.9 Å². The number of rotatable bonds is 3. The van der Waals surface area contributed by atoms with E-state index in [1.165, 1.54) is 24.5 Å². The number of amides is 1. The summed E-state index contributed by atoms with van der Waals surface area (Å²) in [5.74, 6) is -1.96. The summed E-state index contributed by atoms with van der Waals surface area (Å²) in [6, 6.07) is 4.04. The predicted octanol–water partition coefficient (Wildman–Crippen LogP) is 2.93. The van der Waals surface area contributed by atoms with Crippen LogP contribution in [0.15, 0.2) is 29.0 Å². The highest BCUT2D eigenvalue weighted by Crippen LogP contribution is 2.32. The van der Waals surface area contributed by atoms with Gasteiger partial charge in [0.05, 0.1) is 15.7 Å². The monoisotopic (exact) mass is 300 g/mol. The minimum absolute atomic E-state index is 0.00705. The summed E-state index contributed by atoms with van der Waals surface area (Å²) in [6.07, 6.45) is 1.21. The molecule has 0 fully saturated rings. The van der Waals surface area contributed by atoms with Gasteiger partial charge in [0.2, 0.25) is 0 Å². The molecule has 2 aromatic rings. The van der Waals surface area contributed by atoms with E-state index in [-0.39, 0.29) is 27.0 Å². The first-order valence-corrected chi connectivity index (χ1v) is 5.69. The van der Waals surface area contributed by atoms with Crippen LogP contribution in [0.2, 0.25) is 10.0 Å². The molecular formula is C11H6Cl2N2O4. The Labute approximate surface area is 116 Å². The molecule has 0 aliphatic carbocycles. The molecular weight excluding hydrogens is 295 g/mol. The van der Waals surface area contributed by atoms with Crippen molar-refractivity contribution < 1.29 is 19.2 Å². The SMILES string of the molecule is O=C(Nc1c(Cl)ccc(Cl)c1C(=O)O)c1ccon1. The van der Waals surface area contributed by atoms with Crippen LogP contribution in [0.3, 0.4) is 0 Å². The largest absolute Gasteiger partial charge is 0.478 e. The van der Waals surface area contributed by atoms with Crippen molar-refractivity contribution in [2.24, 2.45) is 0 Å². The van der Waals surface area contributed by atoms with Crippen molar-refractivity contribution in [3.8, 4) is 0 Å². The van der Waals surface area contributed by atoms with Gasteiger partial charge in [-0.1, -0.05) is 28.4 Å². The maximum Gasteiger partial charge on any atom is 0.339 e. The van der Waals surface area contributed by atoms with E-state index in [0.717, 1.165) is 0 Å². The predicted molar refractivity (Wildman–Crippen MR) is 67.9 cm³/mol. The van der Waals surface area contributed by atoms with E-state index >= 15 is 0 Å². The van der Waals surface area contributed by atoms with Crippen LogP contribution >= 0.6 is 23.2 Å². The number of carbonyl (C=O) groups excluding carboxylic acids is 1. The van der Waals surface area contributed by atoms with Gasteiger partial charge >= 0.3 is 5.97 Å². The maximum absolute atomic E-state index is 11.8. The lowest BCUT2D eigenvalue weighted by atomic mass is 10.1. The Morgan fingerprint density at radius 2 is 1.89 bits per heavy atom. The fraction of sp³-hybridized carbons (Fsp3) is 0. The summed E-state index contributed by atoms with van der Waals surface area (Å²) in [7, 11) is 0. The number of aromatic carboxylic acids is 1. The molecule has 1 heterocycles. The summed E-state index contributed by atoms with van der Waals surface area (Å²) >= 11 is 11.7. The number of carbonyl (C=O) groups is 2. The van der Waals surface area contributed by atoms with Gasteiger partial charge in [0, 0.05) is 6.07 Å². The summed E-state index contributed by atoms with van der Waals surface area (Å²) in [4.78, 5) is 22.9. The normalized spacial score (nSPS) is 10.2. The van der Waals surface area contributed by atoms with Crippen LogP contribution < -0.4 is 5.32 Å². The van der Waals surface area contributed by atoms with Crippen molar-refractivity contribution in [3.05, 3.63) is 45.8 Å². The Balaban J connectivity index is 2.42. The Morgan fingerprint density at radius 3 is 2.47 bits per heavy atom. The van der Waals surface area contributed by atoms with E-state index in [1.54, 1.807) is 0 Å². The molecule has 0 bridgehead atoms.